The van der Waals surface area contributed by atoms with Crippen molar-refractivity contribution in [3.63, 3.8) is 0 Å². The third-order valence-electron chi connectivity index (χ3n) is 1.41. The molecule has 0 aliphatic heterocycles. The molecule has 1 heterocycles. The van der Waals surface area contributed by atoms with Crippen LogP contribution in [0.2, 0.25) is 0 Å². The Balaban J connectivity index is 0. The van der Waals surface area contributed by atoms with Crippen molar-refractivity contribution in [2.24, 2.45) is 0 Å². The standard InChI is InChI=1S/C9H11NO.2C2H6/c1-7(11)6-9-4-3-5-10-8(9)2;2*1-2/h3-6,11H,1-2H3;2*1-2H3/b7-6+;;. The molecule has 0 atom stereocenters. The molecule has 86 valence electrons. The molecule has 1 aromatic rings. The first kappa shape index (κ1) is 16.1. The van der Waals surface area contributed by atoms with Crippen LogP contribution in [0.5, 0.6) is 0 Å². The van der Waals surface area contributed by atoms with E-state index in [-0.39, 0.29) is 0 Å². The van der Waals surface area contributed by atoms with Gasteiger partial charge in [-0.25, -0.2) is 0 Å². The van der Waals surface area contributed by atoms with E-state index in [4.69, 9.17) is 5.11 Å². The lowest BCUT2D eigenvalue weighted by Crippen LogP contribution is -1.84. The van der Waals surface area contributed by atoms with Crippen molar-refractivity contribution in [2.45, 2.75) is 41.5 Å². The third-order valence-corrected chi connectivity index (χ3v) is 1.41. The fourth-order valence-electron chi connectivity index (χ4n) is 0.874. The van der Waals surface area contributed by atoms with Gasteiger partial charge in [0.1, 0.15) is 0 Å². The van der Waals surface area contributed by atoms with Gasteiger partial charge in [-0.15, -0.1) is 0 Å². The lowest BCUT2D eigenvalue weighted by atomic mass is 10.2. The Bertz CT molecular complexity index is 276. The number of nitrogens with zero attached hydrogens (tertiary/aromatic N) is 1. The van der Waals surface area contributed by atoms with Gasteiger partial charge in [0.25, 0.3) is 0 Å². The predicted octanol–water partition coefficient (Wildman–Crippen LogP) is 4.36. The highest BCUT2D eigenvalue weighted by atomic mass is 16.3. The highest BCUT2D eigenvalue weighted by Crippen LogP contribution is 2.07. The molecule has 0 aliphatic carbocycles. The van der Waals surface area contributed by atoms with E-state index in [0.717, 1.165) is 11.3 Å². The fraction of sp³-hybridized carbons (Fsp3) is 0.462. The molecule has 0 saturated carbocycles. The van der Waals surface area contributed by atoms with Gasteiger partial charge in [-0.05, 0) is 31.6 Å². The SMILES string of the molecule is C/C(O)=C\c1cccnc1C.CC.CC. The number of rotatable bonds is 1. The molecular formula is C13H23NO. The lowest BCUT2D eigenvalue weighted by Gasteiger charge is -1.97. The molecular weight excluding hydrogens is 186 g/mol. The topological polar surface area (TPSA) is 33.1 Å². The summed E-state index contributed by atoms with van der Waals surface area (Å²) in [6, 6.07) is 3.77. The van der Waals surface area contributed by atoms with Crippen LogP contribution in [0.15, 0.2) is 24.1 Å². The molecule has 0 aliphatic rings. The predicted molar refractivity (Wildman–Crippen MR) is 67.9 cm³/mol. The minimum absolute atomic E-state index is 0.307. The Hall–Kier alpha value is -1.31. The molecule has 2 nitrogen and oxygen atoms in total. The molecule has 0 fully saturated rings. The van der Waals surface area contributed by atoms with Crippen LogP contribution in [0, 0.1) is 6.92 Å². The second-order valence-electron chi connectivity index (χ2n) is 2.46. The van der Waals surface area contributed by atoms with Gasteiger partial charge in [0.05, 0.1) is 5.76 Å². The van der Waals surface area contributed by atoms with Crippen molar-refractivity contribution in [3.05, 3.63) is 35.3 Å². The summed E-state index contributed by atoms with van der Waals surface area (Å²) in [5, 5.41) is 8.96. The zero-order valence-electron chi connectivity index (χ0n) is 10.7. The van der Waals surface area contributed by atoms with Crippen LogP contribution in [0.1, 0.15) is 45.9 Å². The zero-order chi connectivity index (χ0) is 12.3. The zero-order valence-corrected chi connectivity index (χ0v) is 10.7. The Morgan fingerprint density at radius 1 is 1.27 bits per heavy atom. The summed E-state index contributed by atoms with van der Waals surface area (Å²) in [5.74, 6) is 0.307. The van der Waals surface area contributed by atoms with Gasteiger partial charge in [0, 0.05) is 11.9 Å². The minimum Gasteiger partial charge on any atom is -0.513 e. The van der Waals surface area contributed by atoms with E-state index in [9.17, 15) is 0 Å². The van der Waals surface area contributed by atoms with E-state index in [1.165, 1.54) is 0 Å². The van der Waals surface area contributed by atoms with Crippen molar-refractivity contribution in [2.75, 3.05) is 0 Å². The molecule has 1 rings (SSSR count). The van der Waals surface area contributed by atoms with E-state index < -0.39 is 0 Å². The van der Waals surface area contributed by atoms with E-state index in [0.29, 0.717) is 5.76 Å². The maximum Gasteiger partial charge on any atom is 0.0898 e. The van der Waals surface area contributed by atoms with Crippen molar-refractivity contribution in [1.29, 1.82) is 0 Å². The van der Waals surface area contributed by atoms with Crippen LogP contribution >= 0.6 is 0 Å². The van der Waals surface area contributed by atoms with Gasteiger partial charge in [-0.3, -0.25) is 4.98 Å². The first-order valence-corrected chi connectivity index (χ1v) is 5.49. The summed E-state index contributed by atoms with van der Waals surface area (Å²) in [5.41, 5.74) is 1.90. The van der Waals surface area contributed by atoms with Gasteiger partial charge >= 0.3 is 0 Å². The van der Waals surface area contributed by atoms with Gasteiger partial charge in [0.15, 0.2) is 0 Å². The number of aryl methyl sites for hydroxylation is 1. The number of hydrogen-bond donors (Lipinski definition) is 1. The third kappa shape index (κ3) is 7.74. The van der Waals surface area contributed by atoms with Crippen molar-refractivity contribution in [1.82, 2.24) is 4.98 Å². The molecule has 0 saturated heterocycles. The second-order valence-corrected chi connectivity index (χ2v) is 2.46. The summed E-state index contributed by atoms with van der Waals surface area (Å²) in [7, 11) is 0. The van der Waals surface area contributed by atoms with E-state index in [2.05, 4.69) is 4.98 Å². The Morgan fingerprint density at radius 3 is 2.20 bits per heavy atom. The van der Waals surface area contributed by atoms with Gasteiger partial charge in [-0.1, -0.05) is 33.8 Å². The number of allylic oxidation sites excluding steroid dienone is 1. The number of aliphatic hydroxyl groups is 1. The van der Waals surface area contributed by atoms with Crippen LogP contribution in [-0.4, -0.2) is 10.1 Å². The monoisotopic (exact) mass is 209 g/mol. The summed E-state index contributed by atoms with van der Waals surface area (Å²) in [6.45, 7) is 11.6. The molecule has 15 heavy (non-hydrogen) atoms. The second kappa shape index (κ2) is 10.8. The summed E-state index contributed by atoms with van der Waals surface area (Å²) in [6.07, 6.45) is 3.43. The van der Waals surface area contributed by atoms with E-state index in [1.807, 2.05) is 46.8 Å². The number of aromatic nitrogens is 1. The normalized spacial score (nSPS) is 9.33. The van der Waals surface area contributed by atoms with Crippen LogP contribution in [0.3, 0.4) is 0 Å². The highest BCUT2D eigenvalue weighted by Gasteiger charge is 1.93. The Kier molecular flexibility index (Phi) is 11.6. The van der Waals surface area contributed by atoms with Crippen LogP contribution in [-0.2, 0) is 0 Å². The van der Waals surface area contributed by atoms with Crippen molar-refractivity contribution >= 4 is 6.08 Å². The number of hydrogen-bond acceptors (Lipinski definition) is 2. The molecule has 2 heteroatoms. The quantitative estimate of drug-likeness (QED) is 0.697. The summed E-state index contributed by atoms with van der Waals surface area (Å²) < 4.78 is 0. The molecule has 0 spiro atoms. The van der Waals surface area contributed by atoms with Crippen LogP contribution in [0.4, 0.5) is 0 Å². The average Bonchev–Trinajstić information content (AvgIpc) is 2.27. The molecule has 1 N–H and O–H groups in total. The smallest absolute Gasteiger partial charge is 0.0898 e. The molecule has 0 radical (unpaired) electrons. The summed E-state index contributed by atoms with van der Waals surface area (Å²) >= 11 is 0. The fourth-order valence-corrected chi connectivity index (χ4v) is 0.874. The largest absolute Gasteiger partial charge is 0.513 e. The molecule has 0 aromatic carbocycles. The molecule has 0 bridgehead atoms. The van der Waals surface area contributed by atoms with Gasteiger partial charge in [-0.2, -0.15) is 0 Å². The average molecular weight is 209 g/mol. The molecule has 0 amide bonds. The Labute approximate surface area is 93.7 Å². The first-order valence-electron chi connectivity index (χ1n) is 5.49. The van der Waals surface area contributed by atoms with Crippen LogP contribution < -0.4 is 0 Å². The Morgan fingerprint density at radius 2 is 1.80 bits per heavy atom. The van der Waals surface area contributed by atoms with Crippen molar-refractivity contribution < 1.29 is 5.11 Å². The van der Waals surface area contributed by atoms with E-state index >= 15 is 0 Å². The van der Waals surface area contributed by atoms with Crippen molar-refractivity contribution in [3.8, 4) is 0 Å². The maximum absolute atomic E-state index is 8.96. The number of pyridine rings is 1. The first-order chi connectivity index (χ1) is 7.20. The molecule has 1 aromatic heterocycles. The minimum atomic E-state index is 0.307. The lowest BCUT2D eigenvalue weighted by molar-refractivity contribution is 0.420. The van der Waals surface area contributed by atoms with Crippen LogP contribution in [0.25, 0.3) is 6.08 Å². The maximum atomic E-state index is 8.96. The van der Waals surface area contributed by atoms with E-state index in [1.54, 1.807) is 19.2 Å². The molecule has 0 unspecified atom stereocenters. The van der Waals surface area contributed by atoms with Gasteiger partial charge < -0.3 is 5.11 Å². The number of aliphatic hydroxyl groups excluding tert-OH is 1. The highest BCUT2D eigenvalue weighted by molar-refractivity contribution is 5.52. The summed E-state index contributed by atoms with van der Waals surface area (Å²) in [4.78, 5) is 4.08. The van der Waals surface area contributed by atoms with Gasteiger partial charge in [0.2, 0.25) is 0 Å².